The number of aromatic nitrogens is 1. The van der Waals surface area contributed by atoms with Crippen LogP contribution in [0.5, 0.6) is 0 Å². The van der Waals surface area contributed by atoms with E-state index in [1.807, 2.05) is 18.3 Å². The lowest BCUT2D eigenvalue weighted by molar-refractivity contribution is -0.0270. The fraction of sp³-hybridized carbons (Fsp3) is 0.300. The van der Waals surface area contributed by atoms with E-state index >= 15 is 0 Å². The summed E-state index contributed by atoms with van der Waals surface area (Å²) in [7, 11) is 0. The van der Waals surface area contributed by atoms with Crippen molar-refractivity contribution < 1.29 is 13.9 Å². The van der Waals surface area contributed by atoms with Gasteiger partial charge in [0.2, 0.25) is 0 Å². The molecule has 3 heterocycles. The minimum absolute atomic E-state index is 0.260. The zero-order valence-corrected chi connectivity index (χ0v) is 13.8. The van der Waals surface area contributed by atoms with E-state index in [0.29, 0.717) is 13.0 Å². The molecule has 0 aliphatic carbocycles. The number of halogens is 1. The summed E-state index contributed by atoms with van der Waals surface area (Å²) < 4.78 is 19.2. The summed E-state index contributed by atoms with van der Waals surface area (Å²) in [5.41, 5.74) is 1.95. The van der Waals surface area contributed by atoms with Crippen molar-refractivity contribution >= 4 is 12.0 Å². The highest BCUT2D eigenvalue weighted by molar-refractivity contribution is 5.89. The predicted octanol–water partition coefficient (Wildman–Crippen LogP) is 3.66. The average Bonchev–Trinajstić information content (AvgIpc) is 2.85. The topological polar surface area (TPSA) is 42.4 Å². The quantitative estimate of drug-likeness (QED) is 0.801. The standard InChI is InChI=1S/C20H19FN2O2/c21-17-6-1-5-16(11-17)19(24)25-20-7-3-9-23(14-20)18(12-20)10-15-4-2-8-22-13-15/h1-2,4-6,8,10-11,13H,3,7,9,12,14H2/b18-10+. The second-order valence-corrected chi connectivity index (χ2v) is 6.71. The molecular formula is C20H19FN2O2. The fourth-order valence-electron chi connectivity index (χ4n) is 3.72. The Kier molecular flexibility index (Phi) is 3.99. The lowest BCUT2D eigenvalue weighted by atomic mass is 9.94. The third-order valence-corrected chi connectivity index (χ3v) is 4.84. The zero-order valence-electron chi connectivity index (χ0n) is 13.8. The summed E-state index contributed by atoms with van der Waals surface area (Å²) in [5.74, 6) is -0.884. The van der Waals surface area contributed by atoms with Gasteiger partial charge in [0.05, 0.1) is 12.1 Å². The van der Waals surface area contributed by atoms with Gasteiger partial charge < -0.3 is 9.64 Å². The molecule has 2 saturated heterocycles. The molecule has 1 unspecified atom stereocenters. The van der Waals surface area contributed by atoms with Crippen molar-refractivity contribution in [3.8, 4) is 0 Å². The Hall–Kier alpha value is -2.69. The predicted molar refractivity (Wildman–Crippen MR) is 92.2 cm³/mol. The van der Waals surface area contributed by atoms with Crippen LogP contribution in [0, 0.1) is 5.82 Å². The van der Waals surface area contributed by atoms with Gasteiger partial charge in [0.25, 0.3) is 0 Å². The number of carbonyl (C=O) groups is 1. The number of hydrogen-bond donors (Lipinski definition) is 0. The van der Waals surface area contributed by atoms with Crippen molar-refractivity contribution in [1.82, 2.24) is 9.88 Å². The largest absolute Gasteiger partial charge is 0.453 e. The Morgan fingerprint density at radius 2 is 2.24 bits per heavy atom. The molecule has 2 aromatic rings. The SMILES string of the molecule is O=C(OC12CCCN(C1)/C(=C/c1cccnc1)C2)c1cccc(F)c1. The van der Waals surface area contributed by atoms with Gasteiger partial charge in [-0.1, -0.05) is 12.1 Å². The molecule has 4 nitrogen and oxygen atoms in total. The normalized spacial score (nSPS) is 23.7. The number of nitrogens with zero attached hydrogens (tertiary/aromatic N) is 2. The van der Waals surface area contributed by atoms with Crippen LogP contribution >= 0.6 is 0 Å². The molecule has 0 radical (unpaired) electrons. The lowest BCUT2D eigenvalue weighted by Crippen LogP contribution is -2.42. The molecule has 128 valence electrons. The van der Waals surface area contributed by atoms with Gasteiger partial charge in [-0.2, -0.15) is 0 Å². The first-order valence-corrected chi connectivity index (χ1v) is 8.48. The van der Waals surface area contributed by atoms with E-state index in [2.05, 4.69) is 16.0 Å². The molecule has 2 bridgehead atoms. The maximum absolute atomic E-state index is 13.4. The first kappa shape index (κ1) is 15.8. The van der Waals surface area contributed by atoms with Gasteiger partial charge in [-0.25, -0.2) is 9.18 Å². The summed E-state index contributed by atoms with van der Waals surface area (Å²) >= 11 is 0. The number of carbonyl (C=O) groups excluding carboxylic acids is 1. The monoisotopic (exact) mass is 338 g/mol. The zero-order chi connectivity index (χ0) is 17.3. The number of hydrogen-bond acceptors (Lipinski definition) is 4. The molecule has 25 heavy (non-hydrogen) atoms. The Labute approximate surface area is 145 Å². The Morgan fingerprint density at radius 3 is 3.04 bits per heavy atom. The fourth-order valence-corrected chi connectivity index (χ4v) is 3.72. The first-order valence-electron chi connectivity index (χ1n) is 8.48. The smallest absolute Gasteiger partial charge is 0.338 e. The molecule has 2 aliphatic heterocycles. The third kappa shape index (κ3) is 3.27. The highest BCUT2D eigenvalue weighted by Gasteiger charge is 2.46. The van der Waals surface area contributed by atoms with E-state index in [1.54, 1.807) is 12.3 Å². The van der Waals surface area contributed by atoms with Gasteiger partial charge in [0.1, 0.15) is 11.4 Å². The number of piperidine rings is 1. The van der Waals surface area contributed by atoms with E-state index in [1.165, 1.54) is 18.2 Å². The maximum Gasteiger partial charge on any atom is 0.338 e. The molecule has 0 spiro atoms. The Morgan fingerprint density at radius 1 is 1.32 bits per heavy atom. The summed E-state index contributed by atoms with van der Waals surface area (Å²) in [4.78, 5) is 18.9. The van der Waals surface area contributed by atoms with Gasteiger partial charge in [0.15, 0.2) is 0 Å². The molecule has 0 amide bonds. The van der Waals surface area contributed by atoms with Crippen molar-refractivity contribution in [3.63, 3.8) is 0 Å². The number of rotatable bonds is 3. The molecule has 2 fully saturated rings. The minimum Gasteiger partial charge on any atom is -0.453 e. The van der Waals surface area contributed by atoms with Crippen LogP contribution in [-0.4, -0.2) is 34.5 Å². The van der Waals surface area contributed by atoms with Crippen molar-refractivity contribution in [1.29, 1.82) is 0 Å². The summed E-state index contributed by atoms with van der Waals surface area (Å²) in [5, 5.41) is 0. The maximum atomic E-state index is 13.4. The van der Waals surface area contributed by atoms with Crippen LogP contribution in [0.2, 0.25) is 0 Å². The molecule has 0 N–H and O–H groups in total. The number of pyridine rings is 1. The van der Waals surface area contributed by atoms with Crippen molar-refractivity contribution in [2.24, 2.45) is 0 Å². The van der Waals surface area contributed by atoms with E-state index in [4.69, 9.17) is 4.74 Å². The van der Waals surface area contributed by atoms with Crippen molar-refractivity contribution in [3.05, 3.63) is 71.4 Å². The number of ether oxygens (including phenoxy) is 1. The highest BCUT2D eigenvalue weighted by atomic mass is 19.1. The van der Waals surface area contributed by atoms with Crippen LogP contribution in [0.15, 0.2) is 54.5 Å². The second-order valence-electron chi connectivity index (χ2n) is 6.71. The van der Waals surface area contributed by atoms with Gasteiger partial charge in [-0.15, -0.1) is 0 Å². The van der Waals surface area contributed by atoms with Crippen LogP contribution in [0.25, 0.3) is 6.08 Å². The second kappa shape index (κ2) is 6.31. The molecule has 5 heteroatoms. The molecule has 4 rings (SSSR count). The van der Waals surface area contributed by atoms with E-state index in [0.717, 1.165) is 30.6 Å². The van der Waals surface area contributed by atoms with Gasteiger partial charge in [-0.3, -0.25) is 4.98 Å². The number of benzene rings is 1. The van der Waals surface area contributed by atoms with Gasteiger partial charge in [0, 0.05) is 31.1 Å². The van der Waals surface area contributed by atoms with E-state index in [-0.39, 0.29) is 5.56 Å². The van der Waals surface area contributed by atoms with E-state index in [9.17, 15) is 9.18 Å². The van der Waals surface area contributed by atoms with Crippen LogP contribution in [-0.2, 0) is 4.74 Å². The molecule has 1 atom stereocenters. The summed E-state index contributed by atoms with van der Waals surface area (Å²) in [6.07, 6.45) is 8.16. The third-order valence-electron chi connectivity index (χ3n) is 4.84. The van der Waals surface area contributed by atoms with E-state index < -0.39 is 17.4 Å². The lowest BCUT2D eigenvalue weighted by Gasteiger charge is -2.33. The van der Waals surface area contributed by atoms with Crippen molar-refractivity contribution in [2.75, 3.05) is 13.1 Å². The highest BCUT2D eigenvalue weighted by Crippen LogP contribution is 2.41. The Balaban J connectivity index is 1.55. The molecule has 2 aliphatic rings. The van der Waals surface area contributed by atoms with Crippen LogP contribution in [0.4, 0.5) is 4.39 Å². The van der Waals surface area contributed by atoms with Crippen LogP contribution < -0.4 is 0 Å². The molecular weight excluding hydrogens is 319 g/mol. The molecule has 1 aromatic heterocycles. The van der Waals surface area contributed by atoms with Crippen LogP contribution in [0.3, 0.4) is 0 Å². The van der Waals surface area contributed by atoms with Crippen LogP contribution in [0.1, 0.15) is 35.2 Å². The molecule has 0 saturated carbocycles. The molecule has 1 aromatic carbocycles. The van der Waals surface area contributed by atoms with Gasteiger partial charge >= 0.3 is 5.97 Å². The average molecular weight is 338 g/mol. The van der Waals surface area contributed by atoms with Gasteiger partial charge in [-0.05, 0) is 48.7 Å². The summed E-state index contributed by atoms with van der Waals surface area (Å²) in [6.45, 7) is 1.66. The number of fused-ring (bicyclic) bond motifs is 2. The number of esters is 1. The minimum atomic E-state index is -0.518. The Bertz CT molecular complexity index is 821. The summed E-state index contributed by atoms with van der Waals surface area (Å²) in [6, 6.07) is 9.57. The van der Waals surface area contributed by atoms with Crippen molar-refractivity contribution in [2.45, 2.75) is 24.9 Å². The first-order chi connectivity index (χ1) is 12.1.